The Hall–Kier alpha value is -1.10. The van der Waals surface area contributed by atoms with Crippen molar-refractivity contribution in [2.45, 2.75) is 283 Å². The van der Waals surface area contributed by atoms with Crippen molar-refractivity contribution in [1.29, 1.82) is 0 Å². The number of aliphatic hydroxyl groups is 1. The highest BCUT2D eigenvalue weighted by atomic mass is 16.6. The van der Waals surface area contributed by atoms with E-state index in [-0.39, 0.29) is 25.2 Å². The Bertz CT molecular complexity index is 725. The zero-order valence-corrected chi connectivity index (χ0v) is 36.1. The van der Waals surface area contributed by atoms with Crippen molar-refractivity contribution in [3.05, 3.63) is 0 Å². The van der Waals surface area contributed by atoms with Crippen LogP contribution in [0.3, 0.4) is 0 Å². The second kappa shape index (κ2) is 45.3. The minimum absolute atomic E-state index is 0.0565. The first-order chi connectivity index (χ1) is 26.1. The van der Waals surface area contributed by atoms with Gasteiger partial charge in [0.2, 0.25) is 0 Å². The molecule has 0 aliphatic heterocycles. The van der Waals surface area contributed by atoms with E-state index in [1.54, 1.807) is 0 Å². The molecule has 0 rings (SSSR count). The quantitative estimate of drug-likeness (QED) is 0.0495. The summed E-state index contributed by atoms with van der Waals surface area (Å²) in [5.41, 5.74) is 0. The van der Waals surface area contributed by atoms with Crippen LogP contribution in [0.1, 0.15) is 277 Å². The van der Waals surface area contributed by atoms with Crippen LogP contribution in [0.15, 0.2) is 0 Å². The predicted octanol–water partition coefficient (Wildman–Crippen LogP) is 15.5. The van der Waals surface area contributed by atoms with Crippen molar-refractivity contribution in [3.63, 3.8) is 0 Å². The Morgan fingerprint density at radius 2 is 0.585 bits per heavy atom. The lowest BCUT2D eigenvalue weighted by Gasteiger charge is -2.15. The van der Waals surface area contributed by atoms with Gasteiger partial charge in [0.05, 0.1) is 6.61 Å². The number of hydrogen-bond acceptors (Lipinski definition) is 5. The molecule has 1 N–H and O–H groups in total. The lowest BCUT2D eigenvalue weighted by Crippen LogP contribution is -2.28. The highest BCUT2D eigenvalue weighted by Gasteiger charge is 2.16. The smallest absolute Gasteiger partial charge is 0.306 e. The topological polar surface area (TPSA) is 72.8 Å². The first kappa shape index (κ1) is 51.9. The van der Waals surface area contributed by atoms with Crippen LogP contribution in [-0.2, 0) is 19.1 Å². The molecule has 1 atom stereocenters. The second-order valence-electron chi connectivity index (χ2n) is 16.6. The van der Waals surface area contributed by atoms with Crippen LogP contribution >= 0.6 is 0 Å². The van der Waals surface area contributed by atoms with Crippen molar-refractivity contribution in [1.82, 2.24) is 0 Å². The van der Waals surface area contributed by atoms with Gasteiger partial charge in [-0.15, -0.1) is 0 Å². The van der Waals surface area contributed by atoms with E-state index in [0.717, 1.165) is 32.1 Å². The Labute approximate surface area is 331 Å². The van der Waals surface area contributed by atoms with Gasteiger partial charge >= 0.3 is 11.9 Å². The summed E-state index contributed by atoms with van der Waals surface area (Å²) < 4.78 is 10.7. The molecule has 0 radical (unpaired) electrons. The molecule has 0 amide bonds. The van der Waals surface area contributed by atoms with Crippen LogP contribution in [-0.4, -0.2) is 36.4 Å². The average molecular weight is 751 g/mol. The molecule has 0 aromatic carbocycles. The fourth-order valence-electron chi connectivity index (χ4n) is 7.50. The minimum atomic E-state index is -0.762. The van der Waals surface area contributed by atoms with E-state index in [4.69, 9.17) is 9.47 Å². The number of unbranched alkanes of at least 4 members (excludes halogenated alkanes) is 37. The normalized spacial score (nSPS) is 12.0. The summed E-state index contributed by atoms with van der Waals surface area (Å²) in [6, 6.07) is 0. The summed E-state index contributed by atoms with van der Waals surface area (Å²) >= 11 is 0. The average Bonchev–Trinajstić information content (AvgIpc) is 3.16. The summed E-state index contributed by atoms with van der Waals surface area (Å²) in [5.74, 6) is -0.570. The Morgan fingerprint density at radius 1 is 0.358 bits per heavy atom. The van der Waals surface area contributed by atoms with E-state index < -0.39 is 6.10 Å². The van der Waals surface area contributed by atoms with Crippen molar-refractivity contribution in [3.8, 4) is 0 Å². The monoisotopic (exact) mass is 751 g/mol. The van der Waals surface area contributed by atoms with Gasteiger partial charge in [0.15, 0.2) is 6.10 Å². The van der Waals surface area contributed by atoms with E-state index in [1.807, 2.05) is 0 Å². The zero-order chi connectivity index (χ0) is 38.6. The Balaban J connectivity index is 3.40. The summed E-state index contributed by atoms with van der Waals surface area (Å²) in [6.07, 6.45) is 52.0. The molecule has 0 fully saturated rings. The Morgan fingerprint density at radius 3 is 0.830 bits per heavy atom. The largest absolute Gasteiger partial charge is 0.462 e. The molecular formula is C48H94O5. The standard InChI is InChI=1S/C48H94O5/c1-3-5-7-9-11-13-15-17-18-19-20-21-22-23-24-25-26-27-28-29-31-33-35-37-39-41-43-48(51)53-46(44-49)45-52-47(50)42-40-38-36-34-32-30-16-14-12-10-8-6-4-2/h46,49H,3-45H2,1-2H3. The fourth-order valence-corrected chi connectivity index (χ4v) is 7.50. The van der Waals surface area contributed by atoms with Gasteiger partial charge in [-0.3, -0.25) is 9.59 Å². The molecule has 0 aliphatic carbocycles. The van der Waals surface area contributed by atoms with Crippen molar-refractivity contribution >= 4 is 11.9 Å². The number of carbonyl (C=O) groups is 2. The van der Waals surface area contributed by atoms with Crippen LogP contribution < -0.4 is 0 Å². The molecule has 5 nitrogen and oxygen atoms in total. The molecule has 0 bridgehead atoms. The SMILES string of the molecule is CCCCCCCCCCCCCCCCCCCCCCCCCCCCC(=O)OC(CO)COC(=O)CCCCCCCCCCCCCCC. The summed E-state index contributed by atoms with van der Waals surface area (Å²) in [6.45, 7) is 4.18. The molecule has 5 heteroatoms. The van der Waals surface area contributed by atoms with Crippen LogP contribution in [0, 0.1) is 0 Å². The molecule has 1 unspecified atom stereocenters. The minimum Gasteiger partial charge on any atom is -0.462 e. The van der Waals surface area contributed by atoms with E-state index in [1.165, 1.54) is 218 Å². The highest BCUT2D eigenvalue weighted by molar-refractivity contribution is 5.70. The third kappa shape index (κ3) is 43.5. The molecular weight excluding hydrogens is 657 g/mol. The summed E-state index contributed by atoms with van der Waals surface area (Å²) in [7, 11) is 0. The lowest BCUT2D eigenvalue weighted by atomic mass is 10.0. The first-order valence-electron chi connectivity index (χ1n) is 24.1. The molecule has 316 valence electrons. The van der Waals surface area contributed by atoms with Gasteiger partial charge in [0, 0.05) is 12.8 Å². The molecule has 0 heterocycles. The summed E-state index contributed by atoms with van der Waals surface area (Å²) in [5, 5.41) is 9.59. The summed E-state index contributed by atoms with van der Waals surface area (Å²) in [4.78, 5) is 24.3. The molecule has 53 heavy (non-hydrogen) atoms. The van der Waals surface area contributed by atoms with Crippen molar-refractivity contribution in [2.75, 3.05) is 13.2 Å². The lowest BCUT2D eigenvalue weighted by molar-refractivity contribution is -0.161. The third-order valence-corrected chi connectivity index (χ3v) is 11.2. The number of esters is 2. The van der Waals surface area contributed by atoms with Crippen LogP contribution in [0.5, 0.6) is 0 Å². The molecule has 0 saturated heterocycles. The van der Waals surface area contributed by atoms with Gasteiger partial charge in [-0.2, -0.15) is 0 Å². The van der Waals surface area contributed by atoms with Gasteiger partial charge < -0.3 is 14.6 Å². The van der Waals surface area contributed by atoms with E-state index in [2.05, 4.69) is 13.8 Å². The maximum absolute atomic E-state index is 12.2. The molecule has 0 aromatic rings. The van der Waals surface area contributed by atoms with Gasteiger partial charge in [0.1, 0.15) is 6.61 Å². The molecule has 0 saturated carbocycles. The van der Waals surface area contributed by atoms with Crippen molar-refractivity contribution < 1.29 is 24.2 Å². The number of rotatable bonds is 45. The maximum atomic E-state index is 12.2. The molecule has 0 aliphatic rings. The van der Waals surface area contributed by atoms with Gasteiger partial charge in [-0.25, -0.2) is 0 Å². The number of carbonyl (C=O) groups excluding carboxylic acids is 2. The highest BCUT2D eigenvalue weighted by Crippen LogP contribution is 2.17. The van der Waals surface area contributed by atoms with E-state index in [9.17, 15) is 14.7 Å². The number of hydrogen-bond donors (Lipinski definition) is 1. The Kier molecular flexibility index (Phi) is 44.4. The molecule has 0 spiro atoms. The molecule has 0 aromatic heterocycles. The number of aliphatic hydroxyl groups excluding tert-OH is 1. The van der Waals surface area contributed by atoms with Gasteiger partial charge in [-0.05, 0) is 12.8 Å². The zero-order valence-electron chi connectivity index (χ0n) is 36.1. The van der Waals surface area contributed by atoms with E-state index >= 15 is 0 Å². The van der Waals surface area contributed by atoms with E-state index in [0.29, 0.717) is 12.8 Å². The van der Waals surface area contributed by atoms with Crippen LogP contribution in [0.4, 0.5) is 0 Å². The van der Waals surface area contributed by atoms with Crippen LogP contribution in [0.2, 0.25) is 0 Å². The second-order valence-corrected chi connectivity index (χ2v) is 16.6. The van der Waals surface area contributed by atoms with Crippen LogP contribution in [0.25, 0.3) is 0 Å². The predicted molar refractivity (Wildman–Crippen MR) is 229 cm³/mol. The number of ether oxygens (including phenoxy) is 2. The third-order valence-electron chi connectivity index (χ3n) is 11.2. The fraction of sp³-hybridized carbons (Fsp3) is 0.958. The maximum Gasteiger partial charge on any atom is 0.306 e. The van der Waals surface area contributed by atoms with Crippen molar-refractivity contribution in [2.24, 2.45) is 0 Å². The van der Waals surface area contributed by atoms with Gasteiger partial charge in [-0.1, -0.05) is 251 Å². The van der Waals surface area contributed by atoms with Gasteiger partial charge in [0.25, 0.3) is 0 Å². The first-order valence-corrected chi connectivity index (χ1v) is 24.1.